The fourth-order valence-electron chi connectivity index (χ4n) is 2.43. The molecule has 0 spiro atoms. The first-order chi connectivity index (χ1) is 10.3. The van der Waals surface area contributed by atoms with Crippen molar-refractivity contribution in [2.24, 2.45) is 0 Å². The van der Waals surface area contributed by atoms with Gasteiger partial charge in [-0.3, -0.25) is 4.79 Å². The molecule has 1 saturated heterocycles. The van der Waals surface area contributed by atoms with Crippen LogP contribution in [0.25, 0.3) is 0 Å². The second-order valence-electron chi connectivity index (χ2n) is 5.01. The van der Waals surface area contributed by atoms with Crippen LogP contribution in [-0.2, 0) is 11.2 Å². The lowest BCUT2D eigenvalue weighted by atomic mass is 10.1. The molecule has 21 heavy (non-hydrogen) atoms. The highest BCUT2D eigenvalue weighted by Gasteiger charge is 2.25. The van der Waals surface area contributed by atoms with E-state index in [1.54, 1.807) is 29.8 Å². The summed E-state index contributed by atoms with van der Waals surface area (Å²) in [6.45, 7) is 1.42. The summed E-state index contributed by atoms with van der Waals surface area (Å²) in [5, 5.41) is 2.00. The third-order valence-electron chi connectivity index (χ3n) is 3.45. The van der Waals surface area contributed by atoms with Gasteiger partial charge in [0.25, 0.3) is 0 Å². The Bertz CT molecular complexity index is 574. The number of rotatable bonds is 4. The molecule has 1 aliphatic heterocycles. The molecule has 0 aliphatic carbocycles. The maximum atomic E-state index is 12.3. The molecule has 1 amide bonds. The van der Waals surface area contributed by atoms with Crippen LogP contribution in [0.4, 0.5) is 0 Å². The Kier molecular flexibility index (Phi) is 4.45. The van der Waals surface area contributed by atoms with Crippen molar-refractivity contribution in [3.05, 3.63) is 40.8 Å². The first kappa shape index (κ1) is 14.0. The Hall–Kier alpha value is -1.95. The number of aromatic nitrogens is 2. The van der Waals surface area contributed by atoms with Crippen LogP contribution in [-0.4, -0.2) is 40.0 Å². The summed E-state index contributed by atoms with van der Waals surface area (Å²) in [4.78, 5) is 23.4. The van der Waals surface area contributed by atoms with Gasteiger partial charge < -0.3 is 9.64 Å². The fourth-order valence-corrected chi connectivity index (χ4v) is 3.13. The van der Waals surface area contributed by atoms with Crippen molar-refractivity contribution in [2.75, 3.05) is 13.1 Å². The number of thiophene rings is 1. The summed E-state index contributed by atoms with van der Waals surface area (Å²) in [7, 11) is 0. The summed E-state index contributed by atoms with van der Waals surface area (Å²) in [5.41, 5.74) is 0. The molecule has 1 atom stereocenters. The molecule has 0 saturated carbocycles. The van der Waals surface area contributed by atoms with E-state index in [0.29, 0.717) is 19.0 Å². The van der Waals surface area contributed by atoms with E-state index >= 15 is 0 Å². The minimum atomic E-state index is -0.0200. The molecule has 0 radical (unpaired) electrons. The molecule has 0 bridgehead atoms. The molecule has 1 fully saturated rings. The standard InChI is InChI=1S/C15H17N3O2S/c19-14(10-13-5-2-9-21-13)18-8-1-4-12(11-18)20-15-16-6-3-7-17-15/h2-3,5-7,9,12H,1,4,8,10-11H2. The molecule has 110 valence electrons. The number of hydrogen-bond donors (Lipinski definition) is 0. The highest BCUT2D eigenvalue weighted by atomic mass is 32.1. The molecule has 0 aromatic carbocycles. The van der Waals surface area contributed by atoms with Crippen molar-refractivity contribution in [1.29, 1.82) is 0 Å². The first-order valence-electron chi connectivity index (χ1n) is 7.05. The van der Waals surface area contributed by atoms with Gasteiger partial charge in [-0.1, -0.05) is 6.07 Å². The molecular weight excluding hydrogens is 286 g/mol. The molecule has 2 aromatic heterocycles. The van der Waals surface area contributed by atoms with Crippen LogP contribution in [0.3, 0.4) is 0 Å². The van der Waals surface area contributed by atoms with E-state index in [-0.39, 0.29) is 12.0 Å². The van der Waals surface area contributed by atoms with Gasteiger partial charge in [-0.05, 0) is 30.4 Å². The lowest BCUT2D eigenvalue weighted by molar-refractivity contribution is -0.133. The molecule has 3 rings (SSSR count). The summed E-state index contributed by atoms with van der Waals surface area (Å²) < 4.78 is 5.76. The number of piperidine rings is 1. The van der Waals surface area contributed by atoms with Gasteiger partial charge in [0.2, 0.25) is 5.91 Å². The number of likely N-dealkylation sites (tertiary alicyclic amines) is 1. The number of carbonyl (C=O) groups excluding carboxylic acids is 1. The number of ether oxygens (including phenoxy) is 1. The maximum Gasteiger partial charge on any atom is 0.316 e. The third kappa shape index (κ3) is 3.78. The van der Waals surface area contributed by atoms with Gasteiger partial charge >= 0.3 is 6.01 Å². The predicted octanol–water partition coefficient (Wildman–Crippen LogP) is 2.15. The Morgan fingerprint density at radius 2 is 2.24 bits per heavy atom. The van der Waals surface area contributed by atoms with Crippen molar-refractivity contribution in [2.45, 2.75) is 25.4 Å². The van der Waals surface area contributed by atoms with Crippen LogP contribution in [0.1, 0.15) is 17.7 Å². The third-order valence-corrected chi connectivity index (χ3v) is 4.33. The number of carbonyl (C=O) groups is 1. The van der Waals surface area contributed by atoms with Crippen LogP contribution in [0, 0.1) is 0 Å². The molecule has 6 heteroatoms. The Morgan fingerprint density at radius 1 is 1.38 bits per heavy atom. The first-order valence-corrected chi connectivity index (χ1v) is 7.93. The normalized spacial score (nSPS) is 18.5. The van der Waals surface area contributed by atoms with E-state index < -0.39 is 0 Å². The van der Waals surface area contributed by atoms with Crippen LogP contribution in [0.5, 0.6) is 6.01 Å². The van der Waals surface area contributed by atoms with Gasteiger partial charge in [0, 0.05) is 23.8 Å². The summed E-state index contributed by atoms with van der Waals surface area (Å²) in [6.07, 6.45) is 5.66. The summed E-state index contributed by atoms with van der Waals surface area (Å²) >= 11 is 1.62. The van der Waals surface area contributed by atoms with Crippen LogP contribution < -0.4 is 4.74 Å². The van der Waals surface area contributed by atoms with E-state index in [1.165, 1.54) is 0 Å². The lowest BCUT2D eigenvalue weighted by Gasteiger charge is -2.32. The number of amides is 1. The van der Waals surface area contributed by atoms with Gasteiger partial charge in [0.15, 0.2) is 0 Å². The van der Waals surface area contributed by atoms with E-state index in [4.69, 9.17) is 4.74 Å². The van der Waals surface area contributed by atoms with Crippen molar-refractivity contribution >= 4 is 17.2 Å². The van der Waals surface area contributed by atoms with Gasteiger partial charge in [0.05, 0.1) is 13.0 Å². The smallest absolute Gasteiger partial charge is 0.316 e. The Balaban J connectivity index is 1.56. The lowest BCUT2D eigenvalue weighted by Crippen LogP contribution is -2.45. The minimum Gasteiger partial charge on any atom is -0.458 e. The van der Waals surface area contributed by atoms with Crippen molar-refractivity contribution in [3.8, 4) is 6.01 Å². The molecule has 0 N–H and O–H groups in total. The monoisotopic (exact) mass is 303 g/mol. The summed E-state index contributed by atoms with van der Waals surface area (Å²) in [6, 6.07) is 6.11. The van der Waals surface area contributed by atoms with E-state index in [9.17, 15) is 4.79 Å². The largest absolute Gasteiger partial charge is 0.458 e. The van der Waals surface area contributed by atoms with E-state index in [0.717, 1.165) is 24.3 Å². The minimum absolute atomic E-state index is 0.0200. The number of hydrogen-bond acceptors (Lipinski definition) is 5. The highest BCUT2D eigenvalue weighted by Crippen LogP contribution is 2.17. The van der Waals surface area contributed by atoms with Gasteiger partial charge in [-0.15, -0.1) is 11.3 Å². The maximum absolute atomic E-state index is 12.3. The number of nitrogens with zero attached hydrogens (tertiary/aromatic N) is 3. The highest BCUT2D eigenvalue weighted by molar-refractivity contribution is 7.10. The van der Waals surface area contributed by atoms with E-state index in [2.05, 4.69) is 9.97 Å². The zero-order chi connectivity index (χ0) is 14.5. The molecular formula is C15H17N3O2S. The Morgan fingerprint density at radius 3 is 3.00 bits per heavy atom. The quantitative estimate of drug-likeness (QED) is 0.868. The van der Waals surface area contributed by atoms with Gasteiger partial charge in [-0.2, -0.15) is 0 Å². The van der Waals surface area contributed by atoms with Crippen LogP contribution in [0.2, 0.25) is 0 Å². The molecule has 1 aliphatic rings. The van der Waals surface area contributed by atoms with Crippen molar-refractivity contribution in [3.63, 3.8) is 0 Å². The zero-order valence-corrected chi connectivity index (χ0v) is 12.5. The van der Waals surface area contributed by atoms with Crippen molar-refractivity contribution < 1.29 is 9.53 Å². The van der Waals surface area contributed by atoms with Crippen molar-refractivity contribution in [1.82, 2.24) is 14.9 Å². The van der Waals surface area contributed by atoms with Crippen LogP contribution >= 0.6 is 11.3 Å². The summed E-state index contributed by atoms with van der Waals surface area (Å²) in [5.74, 6) is 0.166. The predicted molar refractivity (Wildman–Crippen MR) is 80.3 cm³/mol. The zero-order valence-electron chi connectivity index (χ0n) is 11.6. The molecule has 2 aromatic rings. The van der Waals surface area contributed by atoms with Crippen LogP contribution in [0.15, 0.2) is 36.0 Å². The van der Waals surface area contributed by atoms with E-state index in [1.807, 2.05) is 22.4 Å². The van der Waals surface area contributed by atoms with Gasteiger partial charge in [0.1, 0.15) is 6.10 Å². The SMILES string of the molecule is O=C(Cc1cccs1)N1CCCC(Oc2ncccn2)C1. The molecule has 5 nitrogen and oxygen atoms in total. The molecule has 3 heterocycles. The second kappa shape index (κ2) is 6.67. The topological polar surface area (TPSA) is 55.3 Å². The average Bonchev–Trinajstić information content (AvgIpc) is 3.01. The Labute approximate surface area is 127 Å². The second-order valence-corrected chi connectivity index (χ2v) is 6.04. The average molecular weight is 303 g/mol. The fraction of sp³-hybridized carbons (Fsp3) is 0.400. The van der Waals surface area contributed by atoms with Gasteiger partial charge in [-0.25, -0.2) is 9.97 Å². The molecule has 1 unspecified atom stereocenters.